The third-order valence-corrected chi connectivity index (χ3v) is 4.73. The summed E-state index contributed by atoms with van der Waals surface area (Å²) >= 11 is 1.15. The molecule has 0 atom stereocenters. The highest BCUT2D eigenvalue weighted by molar-refractivity contribution is 7.17. The predicted octanol–water partition coefficient (Wildman–Crippen LogP) is 5.48. The molecule has 3 rings (SSSR count). The molecule has 28 heavy (non-hydrogen) atoms. The van der Waals surface area contributed by atoms with E-state index >= 15 is 0 Å². The first-order valence-corrected chi connectivity index (χ1v) is 8.83. The quantitative estimate of drug-likeness (QED) is 0.402. The second-order valence-electron chi connectivity index (χ2n) is 5.64. The third kappa shape index (κ3) is 4.98. The zero-order valence-corrected chi connectivity index (χ0v) is 15.0. The molecule has 0 unspecified atom stereocenters. The van der Waals surface area contributed by atoms with Crippen molar-refractivity contribution in [1.29, 1.82) is 0 Å². The lowest BCUT2D eigenvalue weighted by atomic mass is 10.1. The average molecular weight is 406 g/mol. The first kappa shape index (κ1) is 19.6. The standard InChI is InChI=1S/C20H13F3O4S/c21-20(22,23)27-17-8-6-14(18-9-7-15(11-24)28-18)10-16(17)19(25)26-12-13-4-2-1-3-5-13/h1-11H,12H2. The summed E-state index contributed by atoms with van der Waals surface area (Å²) in [5.41, 5.74) is 0.810. The van der Waals surface area contributed by atoms with Crippen LogP contribution in [0.2, 0.25) is 0 Å². The van der Waals surface area contributed by atoms with Gasteiger partial charge in [0.1, 0.15) is 17.9 Å². The van der Waals surface area contributed by atoms with Gasteiger partial charge in [-0.1, -0.05) is 30.3 Å². The zero-order chi connectivity index (χ0) is 20.1. The second kappa shape index (κ2) is 8.26. The molecule has 0 saturated carbocycles. The molecule has 0 saturated heterocycles. The molecule has 0 radical (unpaired) electrons. The van der Waals surface area contributed by atoms with Crippen molar-refractivity contribution in [3.63, 3.8) is 0 Å². The first-order chi connectivity index (χ1) is 13.4. The maximum Gasteiger partial charge on any atom is 0.573 e. The average Bonchev–Trinajstić information content (AvgIpc) is 3.15. The van der Waals surface area contributed by atoms with Crippen LogP contribution in [0.15, 0.2) is 60.7 Å². The van der Waals surface area contributed by atoms with E-state index in [2.05, 4.69) is 4.74 Å². The summed E-state index contributed by atoms with van der Waals surface area (Å²) in [4.78, 5) is 24.4. The number of ether oxygens (including phenoxy) is 2. The van der Waals surface area contributed by atoms with Gasteiger partial charge >= 0.3 is 12.3 Å². The van der Waals surface area contributed by atoms with Crippen molar-refractivity contribution in [3.05, 3.63) is 76.7 Å². The summed E-state index contributed by atoms with van der Waals surface area (Å²) in [5.74, 6) is -1.60. The van der Waals surface area contributed by atoms with Crippen LogP contribution in [0.5, 0.6) is 5.75 Å². The smallest absolute Gasteiger partial charge is 0.457 e. The third-order valence-electron chi connectivity index (χ3n) is 3.67. The van der Waals surface area contributed by atoms with Gasteiger partial charge in [0, 0.05) is 4.88 Å². The Hall–Kier alpha value is -3.13. The van der Waals surface area contributed by atoms with Crippen LogP contribution in [0.25, 0.3) is 10.4 Å². The van der Waals surface area contributed by atoms with Crippen LogP contribution in [0.4, 0.5) is 13.2 Å². The van der Waals surface area contributed by atoms with Crippen molar-refractivity contribution in [2.45, 2.75) is 13.0 Å². The number of thiophene rings is 1. The summed E-state index contributed by atoms with van der Waals surface area (Å²) in [5, 5.41) is 0. The fourth-order valence-corrected chi connectivity index (χ4v) is 3.25. The van der Waals surface area contributed by atoms with Gasteiger partial charge in [-0.25, -0.2) is 4.79 Å². The largest absolute Gasteiger partial charge is 0.573 e. The van der Waals surface area contributed by atoms with E-state index in [0.29, 0.717) is 27.2 Å². The van der Waals surface area contributed by atoms with Gasteiger partial charge in [-0.05, 0) is 41.5 Å². The molecule has 0 spiro atoms. The van der Waals surface area contributed by atoms with Gasteiger partial charge in [0.15, 0.2) is 6.29 Å². The molecule has 0 aliphatic carbocycles. The number of esters is 1. The number of hydrogen-bond donors (Lipinski definition) is 0. The molecule has 144 valence electrons. The molecule has 0 bridgehead atoms. The number of benzene rings is 2. The van der Waals surface area contributed by atoms with Crippen molar-refractivity contribution in [2.24, 2.45) is 0 Å². The summed E-state index contributed by atoms with van der Waals surface area (Å²) in [7, 11) is 0. The molecule has 0 N–H and O–H groups in total. The molecule has 2 aromatic carbocycles. The van der Waals surface area contributed by atoms with Crippen LogP contribution >= 0.6 is 11.3 Å². The minimum Gasteiger partial charge on any atom is -0.457 e. The van der Waals surface area contributed by atoms with Crippen LogP contribution in [0.3, 0.4) is 0 Å². The molecule has 0 fully saturated rings. The van der Waals surface area contributed by atoms with E-state index in [1.54, 1.807) is 42.5 Å². The predicted molar refractivity (Wildman–Crippen MR) is 97.4 cm³/mol. The second-order valence-corrected chi connectivity index (χ2v) is 6.76. The summed E-state index contributed by atoms with van der Waals surface area (Å²) in [6.45, 7) is -0.0936. The summed E-state index contributed by atoms with van der Waals surface area (Å²) < 4.78 is 47.2. The van der Waals surface area contributed by atoms with Crippen molar-refractivity contribution in [2.75, 3.05) is 0 Å². The molecule has 1 aromatic heterocycles. The monoisotopic (exact) mass is 406 g/mol. The minimum absolute atomic E-state index is 0.0936. The first-order valence-electron chi connectivity index (χ1n) is 8.02. The van der Waals surface area contributed by atoms with E-state index < -0.39 is 18.1 Å². The van der Waals surface area contributed by atoms with Gasteiger partial charge in [-0.3, -0.25) is 4.79 Å². The summed E-state index contributed by atoms with van der Waals surface area (Å²) in [6.07, 6.45) is -4.28. The molecule has 3 aromatic rings. The maximum atomic E-state index is 12.7. The maximum absolute atomic E-state index is 12.7. The topological polar surface area (TPSA) is 52.6 Å². The SMILES string of the molecule is O=Cc1ccc(-c2ccc(OC(F)(F)F)c(C(=O)OCc3ccccc3)c2)s1. The lowest BCUT2D eigenvalue weighted by Crippen LogP contribution is -2.19. The number of alkyl halides is 3. The fraction of sp³-hybridized carbons (Fsp3) is 0.100. The Morgan fingerprint density at radius 1 is 1.04 bits per heavy atom. The summed E-state index contributed by atoms with van der Waals surface area (Å²) in [6, 6.07) is 15.7. The zero-order valence-electron chi connectivity index (χ0n) is 14.2. The number of aldehydes is 1. The molecule has 0 aliphatic heterocycles. The van der Waals surface area contributed by atoms with E-state index in [0.717, 1.165) is 17.4 Å². The number of hydrogen-bond acceptors (Lipinski definition) is 5. The number of halogens is 3. The Labute approximate surface area is 162 Å². The Balaban J connectivity index is 1.90. The minimum atomic E-state index is -4.95. The van der Waals surface area contributed by atoms with E-state index in [9.17, 15) is 22.8 Å². The molecule has 4 nitrogen and oxygen atoms in total. The van der Waals surface area contributed by atoms with Crippen molar-refractivity contribution in [3.8, 4) is 16.2 Å². The molecule has 1 heterocycles. The van der Waals surface area contributed by atoms with Crippen LogP contribution in [0.1, 0.15) is 25.6 Å². The van der Waals surface area contributed by atoms with E-state index in [4.69, 9.17) is 4.74 Å². The van der Waals surface area contributed by atoms with Gasteiger partial charge in [-0.15, -0.1) is 24.5 Å². The molecule has 8 heteroatoms. The van der Waals surface area contributed by atoms with Crippen LogP contribution in [-0.4, -0.2) is 18.6 Å². The van der Waals surface area contributed by atoms with E-state index in [-0.39, 0.29) is 12.2 Å². The highest BCUT2D eigenvalue weighted by atomic mass is 32.1. The Morgan fingerprint density at radius 2 is 1.79 bits per heavy atom. The van der Waals surface area contributed by atoms with Gasteiger partial charge in [-0.2, -0.15) is 0 Å². The highest BCUT2D eigenvalue weighted by Gasteiger charge is 2.33. The van der Waals surface area contributed by atoms with E-state index in [1.807, 2.05) is 0 Å². The fourth-order valence-electron chi connectivity index (χ4n) is 2.43. The van der Waals surface area contributed by atoms with Gasteiger partial charge in [0.2, 0.25) is 0 Å². The van der Waals surface area contributed by atoms with Gasteiger partial charge in [0.05, 0.1) is 4.88 Å². The van der Waals surface area contributed by atoms with Gasteiger partial charge in [0.25, 0.3) is 0 Å². The number of rotatable bonds is 6. The lowest BCUT2D eigenvalue weighted by molar-refractivity contribution is -0.274. The highest BCUT2D eigenvalue weighted by Crippen LogP contribution is 2.34. The lowest BCUT2D eigenvalue weighted by Gasteiger charge is -2.14. The Bertz CT molecular complexity index is 981. The van der Waals surface area contributed by atoms with Crippen LogP contribution in [-0.2, 0) is 11.3 Å². The van der Waals surface area contributed by atoms with Crippen molar-refractivity contribution < 1.29 is 32.2 Å². The normalized spacial score (nSPS) is 11.1. The van der Waals surface area contributed by atoms with Crippen molar-refractivity contribution in [1.82, 2.24) is 0 Å². The van der Waals surface area contributed by atoms with Crippen LogP contribution in [0, 0.1) is 0 Å². The molecule has 0 amide bonds. The number of carbonyl (C=O) groups is 2. The number of carbonyl (C=O) groups excluding carboxylic acids is 2. The molecular formula is C20H13F3O4S. The molecular weight excluding hydrogens is 393 g/mol. The molecule has 0 aliphatic rings. The van der Waals surface area contributed by atoms with Gasteiger partial charge < -0.3 is 9.47 Å². The Morgan fingerprint density at radius 3 is 2.43 bits per heavy atom. The Kier molecular flexibility index (Phi) is 5.79. The van der Waals surface area contributed by atoms with Crippen molar-refractivity contribution >= 4 is 23.6 Å². The van der Waals surface area contributed by atoms with E-state index in [1.165, 1.54) is 12.1 Å². The van der Waals surface area contributed by atoms with Crippen LogP contribution < -0.4 is 4.74 Å².